The molecule has 4 nitrogen and oxygen atoms in total. The van der Waals surface area contributed by atoms with Crippen molar-refractivity contribution in [2.45, 2.75) is 13.0 Å². The van der Waals surface area contributed by atoms with E-state index in [1.54, 1.807) is 6.07 Å². The van der Waals surface area contributed by atoms with Gasteiger partial charge < -0.3 is 15.7 Å². The predicted octanol–water partition coefficient (Wildman–Crippen LogP) is 0.747. The van der Waals surface area contributed by atoms with Crippen LogP contribution in [0, 0.1) is 6.92 Å². The molecule has 1 fully saturated rings. The summed E-state index contributed by atoms with van der Waals surface area (Å²) in [6.07, 6.45) is 0.697. The van der Waals surface area contributed by atoms with E-state index in [4.69, 9.17) is 0 Å². The molecule has 0 amide bonds. The van der Waals surface area contributed by atoms with Crippen molar-refractivity contribution in [3.63, 3.8) is 0 Å². The van der Waals surface area contributed by atoms with Gasteiger partial charge in [0.25, 0.3) is 0 Å². The van der Waals surface area contributed by atoms with E-state index in [1.807, 2.05) is 13.0 Å². The van der Waals surface area contributed by atoms with Gasteiger partial charge in [-0.05, 0) is 18.6 Å². The highest BCUT2D eigenvalue weighted by molar-refractivity contribution is 5.80. The number of nitrogens with one attached hydrogen (secondary N) is 2. The van der Waals surface area contributed by atoms with Crippen LogP contribution in [0.2, 0.25) is 0 Å². The molecule has 0 aromatic heterocycles. The fraction of sp³-hybridized carbons (Fsp3) is 0.417. The second-order valence-corrected chi connectivity index (χ2v) is 4.12. The summed E-state index contributed by atoms with van der Waals surface area (Å²) in [6, 6.07) is 3.70. The molecule has 4 heteroatoms. The summed E-state index contributed by atoms with van der Waals surface area (Å²) in [6.45, 7) is 4.50. The van der Waals surface area contributed by atoms with Gasteiger partial charge >= 0.3 is 0 Å². The Morgan fingerprint density at radius 2 is 2.25 bits per heavy atom. The molecule has 0 unspecified atom stereocenters. The van der Waals surface area contributed by atoms with Crippen molar-refractivity contribution < 1.29 is 9.90 Å². The molecule has 1 aromatic carbocycles. The monoisotopic (exact) mass is 220 g/mol. The number of phenols is 1. The summed E-state index contributed by atoms with van der Waals surface area (Å²) in [5, 5.41) is 16.5. The van der Waals surface area contributed by atoms with Crippen LogP contribution >= 0.6 is 0 Å². The van der Waals surface area contributed by atoms with Crippen molar-refractivity contribution in [3.05, 3.63) is 28.8 Å². The lowest BCUT2D eigenvalue weighted by Gasteiger charge is -2.26. The van der Waals surface area contributed by atoms with Crippen LogP contribution in [0.15, 0.2) is 12.1 Å². The van der Waals surface area contributed by atoms with Crippen LogP contribution in [-0.4, -0.2) is 31.0 Å². The quantitative estimate of drug-likeness (QED) is 0.644. The topological polar surface area (TPSA) is 61.4 Å². The van der Waals surface area contributed by atoms with Crippen LogP contribution in [-0.2, 0) is 0 Å². The normalized spacial score (nSPS) is 20.7. The predicted molar refractivity (Wildman–Crippen MR) is 61.8 cm³/mol. The Bertz CT molecular complexity index is 398. The highest BCUT2D eigenvalue weighted by Crippen LogP contribution is 2.29. The highest BCUT2D eigenvalue weighted by Gasteiger charge is 2.19. The van der Waals surface area contributed by atoms with Gasteiger partial charge in [0.15, 0.2) is 6.29 Å². The van der Waals surface area contributed by atoms with Crippen molar-refractivity contribution in [2.75, 3.05) is 19.6 Å². The SMILES string of the molecule is Cc1cc(C=O)c(O)c([C@H]2CNCCN2)c1. The molecule has 1 aliphatic rings. The van der Waals surface area contributed by atoms with Crippen molar-refractivity contribution in [1.29, 1.82) is 0 Å². The molecule has 1 saturated heterocycles. The Hall–Kier alpha value is -1.39. The Balaban J connectivity index is 2.38. The average Bonchev–Trinajstić information content (AvgIpc) is 2.33. The number of phenolic OH excluding ortho intramolecular Hbond substituents is 1. The molecular weight excluding hydrogens is 204 g/mol. The molecule has 1 aromatic rings. The molecule has 1 atom stereocenters. The van der Waals surface area contributed by atoms with E-state index in [0.717, 1.165) is 30.8 Å². The van der Waals surface area contributed by atoms with Crippen LogP contribution in [0.5, 0.6) is 5.75 Å². The first-order chi connectivity index (χ1) is 7.72. The number of hydrogen-bond donors (Lipinski definition) is 3. The lowest BCUT2D eigenvalue weighted by molar-refractivity contribution is 0.112. The van der Waals surface area contributed by atoms with Crippen LogP contribution in [0.3, 0.4) is 0 Å². The molecule has 1 heterocycles. The van der Waals surface area contributed by atoms with Crippen molar-refractivity contribution >= 4 is 6.29 Å². The summed E-state index contributed by atoms with van der Waals surface area (Å²) in [7, 11) is 0. The van der Waals surface area contributed by atoms with Crippen molar-refractivity contribution in [3.8, 4) is 5.75 Å². The number of aldehydes is 1. The van der Waals surface area contributed by atoms with Crippen LogP contribution in [0.25, 0.3) is 0 Å². The third-order valence-electron chi connectivity index (χ3n) is 2.86. The van der Waals surface area contributed by atoms with Gasteiger partial charge in [-0.2, -0.15) is 0 Å². The van der Waals surface area contributed by atoms with E-state index in [1.165, 1.54) is 0 Å². The van der Waals surface area contributed by atoms with Gasteiger partial charge in [0.1, 0.15) is 5.75 Å². The zero-order chi connectivity index (χ0) is 11.5. The molecule has 0 bridgehead atoms. The number of carbonyl (C=O) groups is 1. The summed E-state index contributed by atoms with van der Waals surface area (Å²) >= 11 is 0. The fourth-order valence-corrected chi connectivity index (χ4v) is 2.06. The largest absolute Gasteiger partial charge is 0.507 e. The maximum atomic E-state index is 10.8. The van der Waals surface area contributed by atoms with Crippen molar-refractivity contribution in [2.24, 2.45) is 0 Å². The molecule has 16 heavy (non-hydrogen) atoms. The standard InChI is InChI=1S/C12H16N2O2/c1-8-4-9(7-15)12(16)10(5-8)11-6-13-2-3-14-11/h4-5,7,11,13-14,16H,2-3,6H2,1H3/t11-/m1/s1. The summed E-state index contributed by atoms with van der Waals surface area (Å²) in [5.41, 5.74) is 2.15. The van der Waals surface area contributed by atoms with Gasteiger partial charge in [0, 0.05) is 31.2 Å². The number of hydrogen-bond acceptors (Lipinski definition) is 4. The van der Waals surface area contributed by atoms with Crippen molar-refractivity contribution in [1.82, 2.24) is 10.6 Å². The first-order valence-electron chi connectivity index (χ1n) is 5.45. The van der Waals surface area contributed by atoms with E-state index in [9.17, 15) is 9.90 Å². The second-order valence-electron chi connectivity index (χ2n) is 4.12. The molecular formula is C12H16N2O2. The molecule has 0 saturated carbocycles. The first kappa shape index (κ1) is 11.1. The number of aromatic hydroxyl groups is 1. The Kier molecular flexibility index (Phi) is 3.22. The molecule has 0 aliphatic carbocycles. The Labute approximate surface area is 94.7 Å². The number of benzene rings is 1. The smallest absolute Gasteiger partial charge is 0.153 e. The van der Waals surface area contributed by atoms with E-state index in [-0.39, 0.29) is 11.8 Å². The molecule has 3 N–H and O–H groups in total. The Morgan fingerprint density at radius 3 is 2.88 bits per heavy atom. The zero-order valence-corrected chi connectivity index (χ0v) is 9.29. The maximum absolute atomic E-state index is 10.8. The minimum atomic E-state index is 0.0762. The number of carbonyl (C=O) groups excluding carboxylic acids is 1. The number of piperazine rings is 1. The third-order valence-corrected chi connectivity index (χ3v) is 2.86. The molecule has 1 aliphatic heterocycles. The van der Waals surface area contributed by atoms with E-state index in [0.29, 0.717) is 11.8 Å². The Morgan fingerprint density at radius 1 is 1.44 bits per heavy atom. The number of rotatable bonds is 2. The van der Waals surface area contributed by atoms with E-state index in [2.05, 4.69) is 10.6 Å². The number of aryl methyl sites for hydroxylation is 1. The van der Waals surface area contributed by atoms with Gasteiger partial charge in [0.2, 0.25) is 0 Å². The zero-order valence-electron chi connectivity index (χ0n) is 9.29. The van der Waals surface area contributed by atoms with Crippen LogP contribution in [0.1, 0.15) is 27.5 Å². The lowest BCUT2D eigenvalue weighted by atomic mass is 9.98. The molecule has 0 radical (unpaired) electrons. The molecule has 2 rings (SSSR count). The molecule has 86 valence electrons. The van der Waals surface area contributed by atoms with Gasteiger partial charge in [-0.25, -0.2) is 0 Å². The van der Waals surface area contributed by atoms with E-state index < -0.39 is 0 Å². The maximum Gasteiger partial charge on any atom is 0.153 e. The average molecular weight is 220 g/mol. The highest BCUT2D eigenvalue weighted by atomic mass is 16.3. The lowest BCUT2D eigenvalue weighted by Crippen LogP contribution is -2.42. The third kappa shape index (κ3) is 2.08. The van der Waals surface area contributed by atoms with Gasteiger partial charge in [-0.1, -0.05) is 6.07 Å². The van der Waals surface area contributed by atoms with Gasteiger partial charge in [-0.3, -0.25) is 4.79 Å². The molecule has 0 spiro atoms. The summed E-state index contributed by atoms with van der Waals surface area (Å²) < 4.78 is 0. The van der Waals surface area contributed by atoms with Crippen LogP contribution < -0.4 is 10.6 Å². The summed E-state index contributed by atoms with van der Waals surface area (Å²) in [5.74, 6) is 0.0989. The van der Waals surface area contributed by atoms with E-state index >= 15 is 0 Å². The van der Waals surface area contributed by atoms with Crippen LogP contribution in [0.4, 0.5) is 0 Å². The first-order valence-corrected chi connectivity index (χ1v) is 5.45. The minimum absolute atomic E-state index is 0.0762. The fourth-order valence-electron chi connectivity index (χ4n) is 2.06. The van der Waals surface area contributed by atoms with Gasteiger partial charge in [0.05, 0.1) is 5.56 Å². The second kappa shape index (κ2) is 4.63. The van der Waals surface area contributed by atoms with Gasteiger partial charge in [-0.15, -0.1) is 0 Å². The minimum Gasteiger partial charge on any atom is -0.507 e. The summed E-state index contributed by atoms with van der Waals surface area (Å²) in [4.78, 5) is 10.8.